The molecule has 0 bridgehead atoms. The molecule has 0 radical (unpaired) electrons. The van der Waals surface area contributed by atoms with E-state index in [2.05, 4.69) is 4.90 Å². The largest absolute Gasteiger partial charge is 0.396 e. The number of nitrogens with one attached hydrogen (secondary N) is 1. The molecule has 1 heterocycles. The summed E-state index contributed by atoms with van der Waals surface area (Å²) in [5.41, 5.74) is 5.48. The summed E-state index contributed by atoms with van der Waals surface area (Å²) in [6.45, 7) is 4.25. The fraction of sp³-hybridized carbons (Fsp3) is 0.900. The third-order valence-electron chi connectivity index (χ3n) is 3.09. The van der Waals surface area contributed by atoms with Gasteiger partial charge in [-0.1, -0.05) is 0 Å². The van der Waals surface area contributed by atoms with Crippen LogP contribution >= 0.6 is 0 Å². The van der Waals surface area contributed by atoms with Crippen molar-refractivity contribution in [2.24, 2.45) is 11.7 Å². The third-order valence-corrected chi connectivity index (χ3v) is 3.09. The Balaban J connectivity index is 2.43. The van der Waals surface area contributed by atoms with Crippen LogP contribution in [0.2, 0.25) is 0 Å². The number of nitrogens with zero attached hydrogens (tertiary/aromatic N) is 1. The minimum Gasteiger partial charge on any atom is -0.396 e. The first kappa shape index (κ1) is 11.5. The van der Waals surface area contributed by atoms with E-state index >= 15 is 0 Å². The predicted octanol–water partition coefficient (Wildman–Crippen LogP) is 0.405. The van der Waals surface area contributed by atoms with E-state index in [1.807, 2.05) is 6.92 Å². The van der Waals surface area contributed by atoms with Gasteiger partial charge in [0, 0.05) is 13.2 Å². The molecule has 4 N–H and O–H groups in total. The summed E-state index contributed by atoms with van der Waals surface area (Å²) in [5, 5.41) is 16.3. The van der Waals surface area contributed by atoms with Crippen molar-refractivity contribution < 1.29 is 5.11 Å². The Hall–Kier alpha value is -0.610. The van der Waals surface area contributed by atoms with Crippen molar-refractivity contribution in [2.45, 2.75) is 32.2 Å². The van der Waals surface area contributed by atoms with Gasteiger partial charge in [-0.3, -0.25) is 10.3 Å². The molecule has 0 spiro atoms. The highest BCUT2D eigenvalue weighted by Gasteiger charge is 2.24. The molecule has 1 fully saturated rings. The average molecular weight is 199 g/mol. The second-order valence-electron chi connectivity index (χ2n) is 4.15. The highest BCUT2D eigenvalue weighted by atomic mass is 16.3. The second kappa shape index (κ2) is 5.32. The molecule has 2 atom stereocenters. The molecule has 0 amide bonds. The molecule has 0 aromatic heterocycles. The third kappa shape index (κ3) is 2.96. The normalized spacial score (nSPS) is 26.0. The van der Waals surface area contributed by atoms with E-state index in [-0.39, 0.29) is 18.5 Å². The number of aliphatic hydroxyl groups excluding tert-OH is 1. The molecule has 0 aromatic carbocycles. The molecule has 0 aromatic rings. The number of nitrogens with two attached hydrogens (primary N) is 1. The maximum atomic E-state index is 8.87. The SMILES string of the molecule is CC(C(=N)N)N1CCCC(CCO)C1. The summed E-state index contributed by atoms with van der Waals surface area (Å²) in [4.78, 5) is 2.24. The minimum absolute atomic E-state index is 0.0523. The Morgan fingerprint density at radius 2 is 2.43 bits per heavy atom. The summed E-state index contributed by atoms with van der Waals surface area (Å²) < 4.78 is 0. The Kier molecular flexibility index (Phi) is 4.35. The number of piperidine rings is 1. The van der Waals surface area contributed by atoms with E-state index in [1.54, 1.807) is 0 Å². The van der Waals surface area contributed by atoms with Gasteiger partial charge in [-0.2, -0.15) is 0 Å². The maximum Gasteiger partial charge on any atom is 0.108 e. The van der Waals surface area contributed by atoms with Gasteiger partial charge < -0.3 is 10.8 Å². The smallest absolute Gasteiger partial charge is 0.108 e. The van der Waals surface area contributed by atoms with Crippen LogP contribution in [0.3, 0.4) is 0 Å². The van der Waals surface area contributed by atoms with Gasteiger partial charge in [-0.05, 0) is 38.6 Å². The van der Waals surface area contributed by atoms with E-state index in [1.165, 1.54) is 6.42 Å². The molecule has 4 heteroatoms. The first-order chi connectivity index (χ1) is 6.65. The van der Waals surface area contributed by atoms with Crippen LogP contribution in [0.1, 0.15) is 26.2 Å². The monoisotopic (exact) mass is 199 g/mol. The van der Waals surface area contributed by atoms with E-state index in [0.717, 1.165) is 25.9 Å². The summed E-state index contributed by atoms with van der Waals surface area (Å²) in [6.07, 6.45) is 3.23. The van der Waals surface area contributed by atoms with Gasteiger partial charge in [-0.15, -0.1) is 0 Å². The number of amidine groups is 1. The lowest BCUT2D eigenvalue weighted by Crippen LogP contribution is -2.47. The topological polar surface area (TPSA) is 73.3 Å². The van der Waals surface area contributed by atoms with Gasteiger partial charge in [0.05, 0.1) is 6.04 Å². The van der Waals surface area contributed by atoms with Crippen molar-refractivity contribution in [3.63, 3.8) is 0 Å². The molecular weight excluding hydrogens is 178 g/mol. The first-order valence-corrected chi connectivity index (χ1v) is 5.34. The molecule has 1 saturated heterocycles. The van der Waals surface area contributed by atoms with Crippen molar-refractivity contribution in [3.05, 3.63) is 0 Å². The maximum absolute atomic E-state index is 8.87. The average Bonchev–Trinajstić information content (AvgIpc) is 2.17. The lowest BCUT2D eigenvalue weighted by Gasteiger charge is -2.36. The highest BCUT2D eigenvalue weighted by Crippen LogP contribution is 2.20. The van der Waals surface area contributed by atoms with Crippen LogP contribution in [0, 0.1) is 11.3 Å². The molecule has 0 saturated carbocycles. The summed E-state index contributed by atoms with van der Waals surface area (Å²) in [7, 11) is 0. The molecule has 82 valence electrons. The first-order valence-electron chi connectivity index (χ1n) is 5.34. The molecule has 0 aliphatic carbocycles. The fourth-order valence-electron chi connectivity index (χ4n) is 2.06. The Morgan fingerprint density at radius 1 is 1.71 bits per heavy atom. The number of hydrogen-bond acceptors (Lipinski definition) is 3. The number of likely N-dealkylation sites (tertiary alicyclic amines) is 1. The molecule has 1 aliphatic heterocycles. The summed E-state index contributed by atoms with van der Waals surface area (Å²) in [6, 6.07) is 0.0523. The van der Waals surface area contributed by atoms with Crippen molar-refractivity contribution in [2.75, 3.05) is 19.7 Å². The van der Waals surface area contributed by atoms with Gasteiger partial charge in [0.15, 0.2) is 0 Å². The van der Waals surface area contributed by atoms with Crippen LogP contribution in [0.5, 0.6) is 0 Å². The van der Waals surface area contributed by atoms with Gasteiger partial charge in [0.1, 0.15) is 5.84 Å². The Bertz CT molecular complexity index is 194. The van der Waals surface area contributed by atoms with Crippen LogP contribution in [0.4, 0.5) is 0 Å². The summed E-state index contributed by atoms with van der Waals surface area (Å²) in [5.74, 6) is 0.824. The lowest BCUT2D eigenvalue weighted by molar-refractivity contribution is 0.136. The Labute approximate surface area is 85.6 Å². The molecular formula is C10H21N3O. The van der Waals surface area contributed by atoms with Gasteiger partial charge in [0.2, 0.25) is 0 Å². The van der Waals surface area contributed by atoms with E-state index < -0.39 is 0 Å². The highest BCUT2D eigenvalue weighted by molar-refractivity contribution is 5.82. The number of aliphatic hydroxyl groups is 1. The summed E-state index contributed by atoms with van der Waals surface area (Å²) >= 11 is 0. The zero-order valence-electron chi connectivity index (χ0n) is 8.87. The van der Waals surface area contributed by atoms with Gasteiger partial charge in [0.25, 0.3) is 0 Å². The zero-order chi connectivity index (χ0) is 10.6. The van der Waals surface area contributed by atoms with Crippen molar-refractivity contribution in [1.29, 1.82) is 5.41 Å². The van der Waals surface area contributed by atoms with Crippen LogP contribution in [0.25, 0.3) is 0 Å². The molecule has 4 nitrogen and oxygen atoms in total. The van der Waals surface area contributed by atoms with Crippen molar-refractivity contribution >= 4 is 5.84 Å². The van der Waals surface area contributed by atoms with E-state index in [0.29, 0.717) is 5.92 Å². The molecule has 1 rings (SSSR count). The zero-order valence-corrected chi connectivity index (χ0v) is 8.87. The fourth-order valence-corrected chi connectivity index (χ4v) is 2.06. The van der Waals surface area contributed by atoms with Gasteiger partial charge in [-0.25, -0.2) is 0 Å². The second-order valence-corrected chi connectivity index (χ2v) is 4.15. The van der Waals surface area contributed by atoms with Crippen LogP contribution in [-0.2, 0) is 0 Å². The van der Waals surface area contributed by atoms with E-state index in [4.69, 9.17) is 16.2 Å². The standard InChI is InChI=1S/C10H21N3O/c1-8(10(11)12)13-5-2-3-9(7-13)4-6-14/h8-9,14H,2-7H2,1H3,(H3,11,12). The van der Waals surface area contributed by atoms with Crippen LogP contribution in [-0.4, -0.2) is 41.6 Å². The number of hydrogen-bond donors (Lipinski definition) is 3. The molecule has 1 aliphatic rings. The quantitative estimate of drug-likeness (QED) is 0.453. The van der Waals surface area contributed by atoms with Crippen molar-refractivity contribution in [3.8, 4) is 0 Å². The molecule has 2 unspecified atom stereocenters. The Morgan fingerprint density at radius 3 is 3.00 bits per heavy atom. The number of rotatable bonds is 4. The minimum atomic E-state index is 0.0523. The van der Waals surface area contributed by atoms with Crippen LogP contribution in [0.15, 0.2) is 0 Å². The van der Waals surface area contributed by atoms with E-state index in [9.17, 15) is 0 Å². The predicted molar refractivity (Wildman–Crippen MR) is 57.4 cm³/mol. The molecule has 14 heavy (non-hydrogen) atoms. The lowest BCUT2D eigenvalue weighted by atomic mass is 9.94. The van der Waals surface area contributed by atoms with Gasteiger partial charge >= 0.3 is 0 Å². The van der Waals surface area contributed by atoms with Crippen LogP contribution < -0.4 is 5.73 Å². The van der Waals surface area contributed by atoms with Crippen molar-refractivity contribution in [1.82, 2.24) is 4.90 Å².